The Bertz CT molecular complexity index is 515. The SMILES string of the molecule is Cc1cc(CSI)nc(-n2c(C)ccc2C)c1. The van der Waals surface area contributed by atoms with E-state index in [0.29, 0.717) is 0 Å². The van der Waals surface area contributed by atoms with Crippen LogP contribution < -0.4 is 0 Å². The van der Waals surface area contributed by atoms with E-state index in [1.807, 2.05) is 0 Å². The molecule has 0 saturated heterocycles. The molecule has 0 atom stereocenters. The van der Waals surface area contributed by atoms with Crippen LogP contribution in [0.15, 0.2) is 24.3 Å². The summed E-state index contributed by atoms with van der Waals surface area (Å²) in [5.74, 6) is 1.99. The fourth-order valence-electron chi connectivity index (χ4n) is 1.99. The standard InChI is InChI=1S/C13H15IN2S/c1-9-6-12(8-17-14)15-13(7-9)16-10(2)4-5-11(16)3/h4-7H,8H2,1-3H3. The highest BCUT2D eigenvalue weighted by atomic mass is 127. The zero-order valence-corrected chi connectivity index (χ0v) is 13.2. The molecule has 0 fully saturated rings. The van der Waals surface area contributed by atoms with Gasteiger partial charge in [0.05, 0.1) is 5.69 Å². The van der Waals surface area contributed by atoms with Gasteiger partial charge in [0.15, 0.2) is 0 Å². The molecule has 0 radical (unpaired) electrons. The minimum absolute atomic E-state index is 0.953. The molecule has 0 aromatic carbocycles. The summed E-state index contributed by atoms with van der Waals surface area (Å²) in [6, 6.07) is 8.56. The number of pyridine rings is 1. The van der Waals surface area contributed by atoms with Crippen LogP contribution in [0.2, 0.25) is 0 Å². The van der Waals surface area contributed by atoms with Gasteiger partial charge in [-0.25, -0.2) is 4.98 Å². The predicted molar refractivity (Wildman–Crippen MR) is 83.1 cm³/mol. The Hall–Kier alpha value is -0.490. The van der Waals surface area contributed by atoms with Crippen molar-refractivity contribution in [1.29, 1.82) is 0 Å². The molecule has 0 aliphatic rings. The minimum atomic E-state index is 0.953. The normalized spacial score (nSPS) is 10.8. The average molecular weight is 358 g/mol. The highest BCUT2D eigenvalue weighted by Gasteiger charge is 2.07. The van der Waals surface area contributed by atoms with Gasteiger partial charge < -0.3 is 4.57 Å². The zero-order valence-electron chi connectivity index (χ0n) is 10.2. The second kappa shape index (κ2) is 5.44. The van der Waals surface area contributed by atoms with Crippen LogP contribution in [0.1, 0.15) is 22.6 Å². The molecule has 0 aliphatic heterocycles. The van der Waals surface area contributed by atoms with Crippen LogP contribution >= 0.6 is 30.1 Å². The van der Waals surface area contributed by atoms with Crippen molar-refractivity contribution in [3.8, 4) is 5.82 Å². The minimum Gasteiger partial charge on any atom is -0.303 e. The molecular weight excluding hydrogens is 343 g/mol. The summed E-state index contributed by atoms with van der Waals surface area (Å²) in [7, 11) is 1.78. The van der Waals surface area contributed by atoms with Crippen molar-refractivity contribution >= 4 is 30.1 Å². The number of aromatic nitrogens is 2. The molecule has 2 aromatic rings. The van der Waals surface area contributed by atoms with Crippen LogP contribution in [0.25, 0.3) is 5.82 Å². The lowest BCUT2D eigenvalue weighted by Gasteiger charge is -2.11. The van der Waals surface area contributed by atoms with Crippen molar-refractivity contribution in [3.63, 3.8) is 0 Å². The first-order valence-electron chi connectivity index (χ1n) is 5.48. The lowest BCUT2D eigenvalue weighted by atomic mass is 10.2. The Morgan fingerprint density at radius 3 is 2.41 bits per heavy atom. The molecule has 0 saturated carbocycles. The summed E-state index contributed by atoms with van der Waals surface area (Å²) < 4.78 is 2.20. The molecule has 90 valence electrons. The number of halogens is 1. The average Bonchev–Trinajstić information content (AvgIpc) is 2.58. The lowest BCUT2D eigenvalue weighted by molar-refractivity contribution is 0.907. The topological polar surface area (TPSA) is 17.8 Å². The summed E-state index contributed by atoms with van der Waals surface area (Å²) >= 11 is 2.31. The van der Waals surface area contributed by atoms with Crippen molar-refractivity contribution in [2.24, 2.45) is 0 Å². The van der Waals surface area contributed by atoms with Gasteiger partial charge >= 0.3 is 0 Å². The summed E-state index contributed by atoms with van der Waals surface area (Å²) in [6.45, 7) is 6.36. The van der Waals surface area contributed by atoms with Crippen molar-refractivity contribution in [1.82, 2.24) is 9.55 Å². The van der Waals surface area contributed by atoms with E-state index in [0.717, 1.165) is 17.3 Å². The number of nitrogens with zero attached hydrogens (tertiary/aromatic N) is 2. The quantitative estimate of drug-likeness (QED) is 0.758. The van der Waals surface area contributed by atoms with E-state index in [1.165, 1.54) is 17.0 Å². The fourth-order valence-corrected chi connectivity index (χ4v) is 3.21. The van der Waals surface area contributed by atoms with E-state index < -0.39 is 0 Å². The van der Waals surface area contributed by atoms with Crippen molar-refractivity contribution < 1.29 is 0 Å². The summed E-state index contributed by atoms with van der Waals surface area (Å²) in [5, 5.41) is 0. The zero-order chi connectivity index (χ0) is 12.4. The van der Waals surface area contributed by atoms with Crippen LogP contribution in [0, 0.1) is 20.8 Å². The Kier molecular flexibility index (Phi) is 4.14. The van der Waals surface area contributed by atoms with E-state index in [4.69, 9.17) is 4.98 Å². The number of hydrogen-bond acceptors (Lipinski definition) is 2. The molecular formula is C13H15IN2S. The van der Waals surface area contributed by atoms with Gasteiger partial charge in [-0.2, -0.15) is 0 Å². The largest absolute Gasteiger partial charge is 0.303 e. The third-order valence-electron chi connectivity index (χ3n) is 2.71. The molecule has 0 bridgehead atoms. The molecule has 0 aliphatic carbocycles. The van der Waals surface area contributed by atoms with Gasteiger partial charge in [-0.05, 0) is 71.8 Å². The monoisotopic (exact) mass is 358 g/mol. The molecule has 2 aromatic heterocycles. The van der Waals surface area contributed by atoms with Crippen molar-refractivity contribution in [3.05, 3.63) is 46.9 Å². The first kappa shape index (κ1) is 13.0. The van der Waals surface area contributed by atoms with Crippen LogP contribution in [0.5, 0.6) is 0 Å². The van der Waals surface area contributed by atoms with E-state index in [-0.39, 0.29) is 0 Å². The van der Waals surface area contributed by atoms with Crippen LogP contribution in [0.3, 0.4) is 0 Å². The molecule has 0 amide bonds. The first-order chi connectivity index (χ1) is 8.11. The summed E-state index contributed by atoms with van der Waals surface area (Å²) in [6.07, 6.45) is 0. The van der Waals surface area contributed by atoms with Crippen molar-refractivity contribution in [2.45, 2.75) is 26.5 Å². The van der Waals surface area contributed by atoms with Gasteiger partial charge in [0.25, 0.3) is 0 Å². The van der Waals surface area contributed by atoms with Gasteiger partial charge in [0.1, 0.15) is 5.82 Å². The number of rotatable bonds is 3. The molecule has 0 spiro atoms. The first-order valence-corrected chi connectivity index (χ1v) is 9.01. The lowest BCUT2D eigenvalue weighted by Crippen LogP contribution is -2.03. The predicted octanol–water partition coefficient (Wildman–Crippen LogP) is 4.38. The molecule has 4 heteroatoms. The van der Waals surface area contributed by atoms with Gasteiger partial charge in [0, 0.05) is 17.1 Å². The molecule has 0 N–H and O–H groups in total. The third-order valence-corrected chi connectivity index (χ3v) is 4.05. The maximum Gasteiger partial charge on any atom is 0.137 e. The molecule has 2 nitrogen and oxygen atoms in total. The second-order valence-electron chi connectivity index (χ2n) is 4.20. The Morgan fingerprint density at radius 2 is 1.82 bits per heavy atom. The van der Waals surface area contributed by atoms with Crippen LogP contribution in [-0.2, 0) is 5.75 Å². The Balaban J connectivity index is 2.52. The summed E-state index contributed by atoms with van der Waals surface area (Å²) in [4.78, 5) is 4.72. The molecule has 0 unspecified atom stereocenters. The van der Waals surface area contributed by atoms with Gasteiger partial charge in [-0.3, -0.25) is 0 Å². The van der Waals surface area contributed by atoms with E-state index in [1.54, 1.807) is 8.93 Å². The highest BCUT2D eigenvalue weighted by Crippen LogP contribution is 2.21. The van der Waals surface area contributed by atoms with E-state index in [9.17, 15) is 0 Å². The van der Waals surface area contributed by atoms with E-state index >= 15 is 0 Å². The van der Waals surface area contributed by atoms with Crippen molar-refractivity contribution in [2.75, 3.05) is 0 Å². The fraction of sp³-hybridized carbons (Fsp3) is 0.308. The van der Waals surface area contributed by atoms with Crippen LogP contribution in [0.4, 0.5) is 0 Å². The van der Waals surface area contributed by atoms with E-state index in [2.05, 4.69) is 70.8 Å². The molecule has 2 rings (SSSR count). The van der Waals surface area contributed by atoms with Gasteiger partial charge in [-0.15, -0.1) is 0 Å². The van der Waals surface area contributed by atoms with Gasteiger partial charge in [-0.1, -0.05) is 8.93 Å². The summed E-state index contributed by atoms with van der Waals surface area (Å²) in [5.41, 5.74) is 4.87. The second-order valence-corrected chi connectivity index (χ2v) is 6.57. The maximum absolute atomic E-state index is 4.72. The van der Waals surface area contributed by atoms with Gasteiger partial charge in [0.2, 0.25) is 0 Å². The smallest absolute Gasteiger partial charge is 0.137 e. The Labute approximate surface area is 118 Å². The number of aryl methyl sites for hydroxylation is 3. The molecule has 17 heavy (non-hydrogen) atoms. The van der Waals surface area contributed by atoms with Crippen LogP contribution in [-0.4, -0.2) is 9.55 Å². The number of hydrogen-bond donors (Lipinski definition) is 0. The Morgan fingerprint density at radius 1 is 1.18 bits per heavy atom. The highest BCUT2D eigenvalue weighted by molar-refractivity contribution is 14.2. The third kappa shape index (κ3) is 2.85. The maximum atomic E-state index is 4.72. The molecule has 2 heterocycles.